The zero-order valence-electron chi connectivity index (χ0n) is 18.7. The summed E-state index contributed by atoms with van der Waals surface area (Å²) in [5, 5.41) is 2.88. The Morgan fingerprint density at radius 1 is 1.09 bits per heavy atom. The van der Waals surface area contributed by atoms with E-state index in [0.29, 0.717) is 9.78 Å². The van der Waals surface area contributed by atoms with Crippen LogP contribution in [0.3, 0.4) is 0 Å². The molecule has 0 aliphatic heterocycles. The van der Waals surface area contributed by atoms with Crippen molar-refractivity contribution in [1.82, 2.24) is 5.32 Å². The van der Waals surface area contributed by atoms with Crippen molar-refractivity contribution in [3.05, 3.63) is 40.1 Å². The number of hydrogen-bond acceptors (Lipinski definition) is 5. The van der Waals surface area contributed by atoms with Gasteiger partial charge in [0, 0.05) is 21.9 Å². The minimum absolute atomic E-state index is 0.0112. The molecule has 0 unspecified atom stereocenters. The van der Waals surface area contributed by atoms with Gasteiger partial charge in [-0.15, -0.1) is 11.3 Å². The molecule has 6 nitrogen and oxygen atoms in total. The van der Waals surface area contributed by atoms with E-state index in [2.05, 4.69) is 5.32 Å². The number of ether oxygens (including phenoxy) is 2. The molecule has 33 heavy (non-hydrogen) atoms. The van der Waals surface area contributed by atoms with Gasteiger partial charge in [0.2, 0.25) is 5.91 Å². The van der Waals surface area contributed by atoms with Crippen LogP contribution in [0.5, 0.6) is 11.5 Å². The number of carbonyl (C=O) groups is 2. The highest BCUT2D eigenvalue weighted by atomic mass is 32.1. The maximum atomic E-state index is 13.8. The van der Waals surface area contributed by atoms with E-state index in [1.54, 1.807) is 19.1 Å². The van der Waals surface area contributed by atoms with E-state index in [0.717, 1.165) is 37.0 Å². The van der Waals surface area contributed by atoms with Gasteiger partial charge in [0.15, 0.2) is 6.04 Å². The Bertz CT molecular complexity index is 986. The van der Waals surface area contributed by atoms with Gasteiger partial charge in [-0.2, -0.15) is 13.2 Å². The molecule has 10 heteroatoms. The molecule has 1 atom stereocenters. The molecule has 1 heterocycles. The van der Waals surface area contributed by atoms with E-state index in [1.807, 2.05) is 0 Å². The highest BCUT2D eigenvalue weighted by Gasteiger charge is 2.48. The lowest BCUT2D eigenvalue weighted by Gasteiger charge is -2.33. The van der Waals surface area contributed by atoms with Crippen LogP contribution in [-0.2, 0) is 9.59 Å². The van der Waals surface area contributed by atoms with Gasteiger partial charge in [0.1, 0.15) is 11.5 Å². The lowest BCUT2D eigenvalue weighted by atomic mass is 9.95. The first-order valence-corrected chi connectivity index (χ1v) is 11.5. The summed E-state index contributed by atoms with van der Waals surface area (Å²) < 4.78 is 51.9. The standard InChI is InChI=1S/C23H27F3N2O4S/c1-14-9-12-19(33-14)20(21(29)27-15-7-5-4-6-8-15)28(22(30)23(24,25)26)17-13-16(31-2)10-11-18(17)32-3/h9-13,15,20H,4-8H2,1-3H3,(H,27,29)/t20-/m1/s1. The second-order valence-electron chi connectivity index (χ2n) is 7.91. The molecule has 2 aromatic rings. The predicted octanol–water partition coefficient (Wildman–Crippen LogP) is 5.16. The monoisotopic (exact) mass is 484 g/mol. The summed E-state index contributed by atoms with van der Waals surface area (Å²) in [5.74, 6) is -2.59. The van der Waals surface area contributed by atoms with E-state index >= 15 is 0 Å². The van der Waals surface area contributed by atoms with Crippen LogP contribution in [0.2, 0.25) is 0 Å². The summed E-state index contributed by atoms with van der Waals surface area (Å²) in [6.45, 7) is 1.78. The van der Waals surface area contributed by atoms with Crippen LogP contribution in [0, 0.1) is 6.92 Å². The Balaban J connectivity index is 2.15. The first-order chi connectivity index (χ1) is 15.7. The predicted molar refractivity (Wildman–Crippen MR) is 120 cm³/mol. The summed E-state index contributed by atoms with van der Waals surface area (Å²) in [7, 11) is 2.64. The molecule has 0 spiro atoms. The number of methoxy groups -OCH3 is 2. The normalized spacial score (nSPS) is 15.6. The fourth-order valence-electron chi connectivity index (χ4n) is 3.99. The number of nitrogens with zero attached hydrogens (tertiary/aromatic N) is 1. The summed E-state index contributed by atoms with van der Waals surface area (Å²) >= 11 is 1.17. The second kappa shape index (κ2) is 10.5. The van der Waals surface area contributed by atoms with Crippen LogP contribution in [-0.4, -0.2) is 38.3 Å². The van der Waals surface area contributed by atoms with Crippen LogP contribution in [0.1, 0.15) is 47.9 Å². The molecule has 1 fully saturated rings. The van der Waals surface area contributed by atoms with Crippen molar-refractivity contribution in [1.29, 1.82) is 0 Å². The van der Waals surface area contributed by atoms with Crippen molar-refractivity contribution in [2.45, 2.75) is 57.3 Å². The Morgan fingerprint density at radius 3 is 2.33 bits per heavy atom. The number of hydrogen-bond donors (Lipinski definition) is 1. The Morgan fingerprint density at radius 2 is 1.79 bits per heavy atom. The maximum absolute atomic E-state index is 13.8. The Kier molecular flexibility index (Phi) is 7.88. The third kappa shape index (κ3) is 5.79. The molecule has 0 bridgehead atoms. The fraction of sp³-hybridized carbons (Fsp3) is 0.478. The van der Waals surface area contributed by atoms with Gasteiger partial charge in [0.25, 0.3) is 0 Å². The van der Waals surface area contributed by atoms with Gasteiger partial charge >= 0.3 is 12.1 Å². The van der Waals surface area contributed by atoms with Crippen molar-refractivity contribution < 1.29 is 32.2 Å². The number of carbonyl (C=O) groups excluding carboxylic acids is 2. The number of halogens is 3. The van der Waals surface area contributed by atoms with E-state index in [9.17, 15) is 22.8 Å². The first kappa shape index (κ1) is 24.9. The molecule has 1 saturated carbocycles. The van der Waals surface area contributed by atoms with Crippen LogP contribution >= 0.6 is 11.3 Å². The molecular weight excluding hydrogens is 457 g/mol. The zero-order chi connectivity index (χ0) is 24.2. The largest absolute Gasteiger partial charge is 0.497 e. The Labute approximate surface area is 194 Å². The molecule has 1 aliphatic carbocycles. The van der Waals surface area contributed by atoms with Crippen LogP contribution in [0.4, 0.5) is 18.9 Å². The first-order valence-electron chi connectivity index (χ1n) is 10.6. The van der Waals surface area contributed by atoms with Crippen molar-refractivity contribution >= 4 is 28.8 Å². The van der Waals surface area contributed by atoms with Gasteiger partial charge in [-0.05, 0) is 44.0 Å². The summed E-state index contributed by atoms with van der Waals surface area (Å²) in [5.41, 5.74) is -0.200. The summed E-state index contributed by atoms with van der Waals surface area (Å²) in [4.78, 5) is 27.9. The van der Waals surface area contributed by atoms with Crippen molar-refractivity contribution in [2.75, 3.05) is 19.1 Å². The van der Waals surface area contributed by atoms with Crippen LogP contribution in [0.25, 0.3) is 0 Å². The molecule has 1 aromatic carbocycles. The highest BCUT2D eigenvalue weighted by molar-refractivity contribution is 7.12. The van der Waals surface area contributed by atoms with Gasteiger partial charge in [0.05, 0.1) is 19.9 Å². The number of amides is 2. The van der Waals surface area contributed by atoms with Gasteiger partial charge in [-0.25, -0.2) is 0 Å². The molecule has 1 aliphatic rings. The second-order valence-corrected chi connectivity index (χ2v) is 9.22. The van der Waals surface area contributed by atoms with Crippen molar-refractivity contribution in [2.24, 2.45) is 0 Å². The SMILES string of the molecule is COc1ccc(OC)c(N(C(=O)C(F)(F)F)[C@@H](C(=O)NC2CCCCC2)c2ccc(C)s2)c1. The molecule has 0 saturated heterocycles. The minimum atomic E-state index is -5.22. The maximum Gasteiger partial charge on any atom is 0.471 e. The summed E-state index contributed by atoms with van der Waals surface area (Å²) in [6, 6.07) is 5.79. The molecule has 180 valence electrons. The molecule has 2 amide bonds. The van der Waals surface area contributed by atoms with Crippen molar-refractivity contribution in [3.63, 3.8) is 0 Å². The number of anilines is 1. The molecule has 3 rings (SSSR count). The Hall–Kier alpha value is -2.75. The topological polar surface area (TPSA) is 67.9 Å². The van der Waals surface area contributed by atoms with Crippen molar-refractivity contribution in [3.8, 4) is 11.5 Å². The number of aryl methyl sites for hydroxylation is 1. The van der Waals surface area contributed by atoms with Gasteiger partial charge < -0.3 is 14.8 Å². The van der Waals surface area contributed by atoms with Gasteiger partial charge in [-0.3, -0.25) is 14.5 Å². The average Bonchev–Trinajstić information content (AvgIpc) is 3.22. The number of thiophene rings is 1. The van der Waals surface area contributed by atoms with E-state index < -0.39 is 24.0 Å². The average molecular weight is 485 g/mol. The minimum Gasteiger partial charge on any atom is -0.497 e. The van der Waals surface area contributed by atoms with E-state index in [1.165, 1.54) is 43.8 Å². The lowest BCUT2D eigenvalue weighted by molar-refractivity contribution is -0.171. The molecule has 1 aromatic heterocycles. The number of benzene rings is 1. The third-order valence-corrected chi connectivity index (χ3v) is 6.65. The number of rotatable bonds is 7. The van der Waals surface area contributed by atoms with Gasteiger partial charge in [-0.1, -0.05) is 19.3 Å². The molecule has 1 N–H and O–H groups in total. The fourth-order valence-corrected chi connectivity index (χ4v) is 4.96. The zero-order valence-corrected chi connectivity index (χ0v) is 19.5. The third-order valence-electron chi connectivity index (χ3n) is 5.60. The molecule has 0 radical (unpaired) electrons. The number of alkyl halides is 3. The van der Waals surface area contributed by atoms with Crippen LogP contribution in [0.15, 0.2) is 30.3 Å². The van der Waals surface area contributed by atoms with Crippen LogP contribution < -0.4 is 19.7 Å². The van der Waals surface area contributed by atoms with E-state index in [4.69, 9.17) is 9.47 Å². The quantitative estimate of drug-likeness (QED) is 0.590. The lowest BCUT2D eigenvalue weighted by Crippen LogP contribution is -2.50. The number of nitrogens with one attached hydrogen (secondary N) is 1. The molecular formula is C23H27F3N2O4S. The smallest absolute Gasteiger partial charge is 0.471 e. The highest BCUT2D eigenvalue weighted by Crippen LogP contribution is 2.41. The van der Waals surface area contributed by atoms with E-state index in [-0.39, 0.29) is 23.2 Å². The summed E-state index contributed by atoms with van der Waals surface area (Å²) in [6.07, 6.45) is -0.802.